The topological polar surface area (TPSA) is 36.9 Å². The summed E-state index contributed by atoms with van der Waals surface area (Å²) in [4.78, 5) is 0. The largest absolute Gasteiger partial charge is 0.400 e. The Morgan fingerprint density at radius 3 is 1.56 bits per heavy atom. The van der Waals surface area contributed by atoms with Crippen molar-refractivity contribution < 1.29 is 17.7 Å². The van der Waals surface area contributed by atoms with Crippen molar-refractivity contribution in [1.29, 1.82) is 0 Å². The van der Waals surface area contributed by atoms with Gasteiger partial charge in [-0.1, -0.05) is 6.08 Å². The molecule has 0 aliphatic heterocycles. The first-order valence-corrected chi connectivity index (χ1v) is 9.09. The van der Waals surface area contributed by atoms with Crippen LogP contribution in [0.4, 0.5) is 0 Å². The van der Waals surface area contributed by atoms with Crippen molar-refractivity contribution in [3.8, 4) is 0 Å². The third kappa shape index (κ3) is 9.01. The van der Waals surface area contributed by atoms with Gasteiger partial charge in [0.15, 0.2) is 0 Å². The van der Waals surface area contributed by atoms with E-state index in [4.69, 9.17) is 17.7 Å². The van der Waals surface area contributed by atoms with E-state index in [2.05, 4.69) is 13.2 Å². The highest BCUT2D eigenvalue weighted by Crippen LogP contribution is 2.02. The summed E-state index contributed by atoms with van der Waals surface area (Å²) in [6.45, 7) is 9.09. The Bertz CT molecular complexity index is 180. The Morgan fingerprint density at radius 2 is 1.50 bits per heavy atom. The highest BCUT2D eigenvalue weighted by Gasteiger charge is 2.22. The molecule has 0 spiro atoms. The maximum atomic E-state index is 5.03. The first kappa shape index (κ1) is 18.1. The summed E-state index contributed by atoms with van der Waals surface area (Å²) in [6, 6.07) is 0.882. The van der Waals surface area contributed by atoms with E-state index in [1.54, 1.807) is 34.1 Å². The lowest BCUT2D eigenvalue weighted by molar-refractivity contribution is 0.264. The van der Waals surface area contributed by atoms with Gasteiger partial charge in [-0.05, 0) is 12.2 Å². The molecule has 0 radical (unpaired) electrons. The zero-order valence-corrected chi connectivity index (χ0v) is 13.1. The van der Waals surface area contributed by atoms with Gasteiger partial charge in [0.1, 0.15) is 0 Å². The fourth-order valence-electron chi connectivity index (χ4n) is 0.675. The number of hydrogen-bond donors (Lipinski definition) is 0. The van der Waals surface area contributed by atoms with Gasteiger partial charge in [-0.25, -0.2) is 0 Å². The van der Waals surface area contributed by atoms with Gasteiger partial charge in [-0.3, -0.25) is 0 Å². The number of allylic oxidation sites excluding steroid dienone is 1. The molecule has 0 aliphatic rings. The summed E-state index contributed by atoms with van der Waals surface area (Å²) < 4.78 is 20.0. The summed E-state index contributed by atoms with van der Waals surface area (Å²) >= 11 is 0. The van der Waals surface area contributed by atoms with E-state index in [0.29, 0.717) is 0 Å². The summed E-state index contributed by atoms with van der Waals surface area (Å²) in [5.74, 6) is 0. The fourth-order valence-corrected chi connectivity index (χ4v) is 2.02. The van der Waals surface area contributed by atoms with Crippen LogP contribution < -0.4 is 0 Å². The molecule has 0 bridgehead atoms. The minimum Gasteiger partial charge on any atom is -0.400 e. The molecule has 0 atom stereocenters. The molecule has 0 aromatic carbocycles. The van der Waals surface area contributed by atoms with Crippen molar-refractivity contribution in [2.45, 2.75) is 12.6 Å². The lowest BCUT2D eigenvalue weighted by Gasteiger charge is -2.16. The first-order valence-electron chi connectivity index (χ1n) is 4.93. The minimum absolute atomic E-state index is 0.882. The molecular weight excluding hydrogens is 240 g/mol. The quantitative estimate of drug-likeness (QED) is 0.519. The second kappa shape index (κ2) is 11.2. The van der Waals surface area contributed by atoms with Gasteiger partial charge >= 0.3 is 17.8 Å². The Balaban J connectivity index is 0. The molecule has 0 unspecified atom stereocenters. The van der Waals surface area contributed by atoms with Gasteiger partial charge < -0.3 is 17.7 Å². The van der Waals surface area contributed by atoms with Crippen LogP contribution in [0.25, 0.3) is 0 Å². The van der Waals surface area contributed by atoms with Gasteiger partial charge in [0.05, 0.1) is 0 Å². The summed E-state index contributed by atoms with van der Waals surface area (Å²) in [5, 5.41) is 0. The molecule has 0 amide bonds. The number of hydrogen-bond acceptors (Lipinski definition) is 4. The molecule has 6 heteroatoms. The van der Waals surface area contributed by atoms with Crippen LogP contribution in [-0.2, 0) is 17.7 Å². The predicted octanol–water partition coefficient (Wildman–Crippen LogP) is 1.76. The zero-order valence-electron chi connectivity index (χ0n) is 11.0. The van der Waals surface area contributed by atoms with Crippen LogP contribution >= 0.6 is 0 Å². The average Bonchev–Trinajstić information content (AvgIpc) is 2.35. The maximum Gasteiger partial charge on any atom is 0.360 e. The van der Waals surface area contributed by atoms with Crippen molar-refractivity contribution in [1.82, 2.24) is 0 Å². The molecular formula is C10H24O4Si2. The van der Waals surface area contributed by atoms with E-state index in [-0.39, 0.29) is 0 Å². The first-order chi connectivity index (χ1) is 7.53. The Labute approximate surface area is 102 Å². The molecule has 16 heavy (non-hydrogen) atoms. The maximum absolute atomic E-state index is 5.03. The summed E-state index contributed by atoms with van der Waals surface area (Å²) in [5.41, 5.74) is 1.74. The fraction of sp³-hybridized carbons (Fsp3) is 0.600. The van der Waals surface area contributed by atoms with Crippen LogP contribution in [-0.4, -0.2) is 46.3 Å². The van der Waals surface area contributed by atoms with E-state index in [0.717, 1.165) is 6.04 Å². The summed E-state index contributed by atoms with van der Waals surface area (Å²) in [7, 11) is 3.40. The highest BCUT2D eigenvalue weighted by molar-refractivity contribution is 6.71. The van der Waals surface area contributed by atoms with E-state index in [9.17, 15) is 0 Å². The van der Waals surface area contributed by atoms with Crippen molar-refractivity contribution in [2.24, 2.45) is 0 Å². The van der Waals surface area contributed by atoms with Gasteiger partial charge in [-0.15, -0.1) is 13.2 Å². The van der Waals surface area contributed by atoms with E-state index in [1.165, 1.54) is 0 Å². The van der Waals surface area contributed by atoms with Crippen LogP contribution in [0.2, 0.25) is 12.6 Å². The zero-order chi connectivity index (χ0) is 13.0. The Kier molecular flexibility index (Phi) is 12.7. The molecule has 0 saturated carbocycles. The lowest BCUT2D eigenvalue weighted by atomic mass is 10.8. The highest BCUT2D eigenvalue weighted by atomic mass is 28.4. The van der Waals surface area contributed by atoms with Crippen LogP contribution in [0.15, 0.2) is 24.9 Å². The van der Waals surface area contributed by atoms with Crippen molar-refractivity contribution >= 4 is 17.8 Å². The normalized spacial score (nSPS) is 10.6. The van der Waals surface area contributed by atoms with Crippen LogP contribution in [0, 0.1) is 0 Å². The molecule has 0 heterocycles. The second-order valence-corrected chi connectivity index (χ2v) is 8.58. The second-order valence-electron chi connectivity index (χ2n) is 3.05. The van der Waals surface area contributed by atoms with E-state index >= 15 is 0 Å². The van der Waals surface area contributed by atoms with Crippen molar-refractivity contribution in [3.05, 3.63) is 24.9 Å². The van der Waals surface area contributed by atoms with Gasteiger partial charge in [0.25, 0.3) is 0 Å². The molecule has 0 saturated heterocycles. The third-order valence-electron chi connectivity index (χ3n) is 2.07. The smallest absolute Gasteiger partial charge is 0.360 e. The minimum atomic E-state index is -1.91. The van der Waals surface area contributed by atoms with Crippen LogP contribution in [0.3, 0.4) is 0 Å². The monoisotopic (exact) mass is 264 g/mol. The Morgan fingerprint density at radius 1 is 1.06 bits per heavy atom. The molecule has 0 aromatic heterocycles. The Hall–Kier alpha value is -0.246. The van der Waals surface area contributed by atoms with Crippen LogP contribution in [0.1, 0.15) is 0 Å². The average molecular weight is 264 g/mol. The molecule has 0 N–H and O–H groups in total. The molecule has 0 aliphatic carbocycles. The third-order valence-corrected chi connectivity index (χ3v) is 6.20. The molecule has 96 valence electrons. The lowest BCUT2D eigenvalue weighted by Crippen LogP contribution is -2.33. The molecule has 4 nitrogen and oxygen atoms in total. The summed E-state index contributed by atoms with van der Waals surface area (Å²) in [6.07, 6.45) is 1.82. The van der Waals surface area contributed by atoms with Crippen LogP contribution in [0.5, 0.6) is 0 Å². The number of rotatable bonds is 7. The predicted molar refractivity (Wildman–Crippen MR) is 72.0 cm³/mol. The van der Waals surface area contributed by atoms with Gasteiger partial charge in [0.2, 0.25) is 0 Å². The van der Waals surface area contributed by atoms with Gasteiger partial charge in [-0.2, -0.15) is 0 Å². The standard InChI is InChI=1S/2C5H12O2Si/c1-5-8(4,6-2)7-3;1-4-5-8(6-2)7-3/h5H,1H2,2-4H3;4,8H,1,5H2,2-3H3. The van der Waals surface area contributed by atoms with Crippen molar-refractivity contribution in [2.75, 3.05) is 28.4 Å². The van der Waals surface area contributed by atoms with E-state index < -0.39 is 17.8 Å². The molecule has 0 rings (SSSR count). The van der Waals surface area contributed by atoms with Gasteiger partial charge in [0, 0.05) is 34.5 Å². The van der Waals surface area contributed by atoms with Crippen molar-refractivity contribution in [3.63, 3.8) is 0 Å². The SMILES string of the molecule is C=CC[SiH](OC)OC.C=C[Si](C)(OC)OC. The molecule has 0 fully saturated rings. The molecule has 0 aromatic rings. The van der Waals surface area contributed by atoms with E-state index in [1.807, 2.05) is 12.6 Å².